The molecule has 2 aromatic rings. The van der Waals surface area contributed by atoms with Crippen LogP contribution in [0, 0.1) is 0 Å². The first-order valence-electron chi connectivity index (χ1n) is 5.63. The molecule has 2 N–H and O–H groups in total. The van der Waals surface area contributed by atoms with Crippen LogP contribution in [0.2, 0.25) is 10.0 Å². The fourth-order valence-electron chi connectivity index (χ4n) is 1.48. The van der Waals surface area contributed by atoms with E-state index in [0.29, 0.717) is 20.5 Å². The van der Waals surface area contributed by atoms with Crippen LogP contribution in [0.15, 0.2) is 35.7 Å². The Labute approximate surface area is 129 Å². The van der Waals surface area contributed by atoms with Crippen LogP contribution in [-0.2, 0) is 11.2 Å². The molecule has 1 aromatic heterocycles. The molecule has 0 radical (unpaired) electrons. The summed E-state index contributed by atoms with van der Waals surface area (Å²) in [5.41, 5.74) is 5.40. The largest absolute Gasteiger partial charge is 0.279 e. The van der Waals surface area contributed by atoms with E-state index in [2.05, 4.69) is 10.9 Å². The van der Waals surface area contributed by atoms with Crippen molar-refractivity contribution < 1.29 is 9.59 Å². The summed E-state index contributed by atoms with van der Waals surface area (Å²) in [6.45, 7) is 0. The summed E-state index contributed by atoms with van der Waals surface area (Å²) in [4.78, 5) is 23.8. The predicted octanol–water partition coefficient (Wildman–Crippen LogP) is 3.06. The van der Waals surface area contributed by atoms with E-state index in [1.165, 1.54) is 11.3 Å². The molecule has 7 heteroatoms. The highest BCUT2D eigenvalue weighted by Gasteiger charge is 2.09. The molecular formula is C13H10Cl2N2O2S. The second-order valence-electron chi connectivity index (χ2n) is 3.90. The smallest absolute Gasteiger partial charge is 0.273 e. The van der Waals surface area contributed by atoms with E-state index in [-0.39, 0.29) is 18.2 Å². The monoisotopic (exact) mass is 328 g/mol. The molecule has 0 aliphatic heterocycles. The zero-order valence-corrected chi connectivity index (χ0v) is 12.5. The van der Waals surface area contributed by atoms with Gasteiger partial charge in [-0.05, 0) is 29.1 Å². The van der Waals surface area contributed by atoms with Crippen molar-refractivity contribution in [1.29, 1.82) is 0 Å². The lowest BCUT2D eigenvalue weighted by Crippen LogP contribution is -2.42. The topological polar surface area (TPSA) is 58.2 Å². The summed E-state index contributed by atoms with van der Waals surface area (Å²) >= 11 is 12.9. The zero-order chi connectivity index (χ0) is 14.5. The third-order valence-corrected chi connectivity index (χ3v) is 4.02. The SMILES string of the molecule is O=C(Cc1ccc(Cl)c(Cl)c1)NNC(=O)c1cccs1. The number of hydrogen-bond acceptors (Lipinski definition) is 3. The minimum absolute atomic E-state index is 0.0988. The molecule has 1 heterocycles. The molecule has 20 heavy (non-hydrogen) atoms. The average Bonchev–Trinajstić information content (AvgIpc) is 2.94. The van der Waals surface area contributed by atoms with Crippen molar-refractivity contribution in [3.63, 3.8) is 0 Å². The number of carbonyl (C=O) groups is 2. The number of carbonyl (C=O) groups excluding carboxylic acids is 2. The number of nitrogens with one attached hydrogen (secondary N) is 2. The maximum Gasteiger partial charge on any atom is 0.279 e. The predicted molar refractivity (Wildman–Crippen MR) is 80.1 cm³/mol. The zero-order valence-electron chi connectivity index (χ0n) is 10.2. The molecule has 0 spiro atoms. The van der Waals surface area contributed by atoms with E-state index in [1.807, 2.05) is 0 Å². The number of hydrazine groups is 1. The number of thiophene rings is 1. The number of benzene rings is 1. The highest BCUT2D eigenvalue weighted by molar-refractivity contribution is 7.12. The molecule has 2 amide bonds. The molecule has 2 rings (SSSR count). The Balaban J connectivity index is 1.86. The Kier molecular flexibility index (Phi) is 5.00. The summed E-state index contributed by atoms with van der Waals surface area (Å²) in [5, 5.41) is 2.60. The molecule has 0 bridgehead atoms. The van der Waals surface area contributed by atoms with Gasteiger partial charge >= 0.3 is 0 Å². The van der Waals surface area contributed by atoms with Crippen molar-refractivity contribution >= 4 is 46.4 Å². The first-order chi connectivity index (χ1) is 9.56. The van der Waals surface area contributed by atoms with E-state index in [0.717, 1.165) is 0 Å². The van der Waals surface area contributed by atoms with Crippen molar-refractivity contribution in [2.45, 2.75) is 6.42 Å². The highest BCUT2D eigenvalue weighted by atomic mass is 35.5. The maximum absolute atomic E-state index is 11.7. The van der Waals surface area contributed by atoms with Crippen LogP contribution >= 0.6 is 34.5 Å². The van der Waals surface area contributed by atoms with Crippen LogP contribution < -0.4 is 10.9 Å². The quantitative estimate of drug-likeness (QED) is 0.851. The molecular weight excluding hydrogens is 319 g/mol. The Hall–Kier alpha value is -1.56. The molecule has 0 saturated carbocycles. The Bertz CT molecular complexity index is 629. The molecule has 0 unspecified atom stereocenters. The van der Waals surface area contributed by atoms with Gasteiger partial charge in [-0.25, -0.2) is 0 Å². The van der Waals surface area contributed by atoms with Gasteiger partial charge in [0, 0.05) is 0 Å². The summed E-state index contributed by atoms with van der Waals surface area (Å²) in [5.74, 6) is -0.684. The average molecular weight is 329 g/mol. The van der Waals surface area contributed by atoms with Gasteiger partial charge in [0.1, 0.15) is 0 Å². The van der Waals surface area contributed by atoms with Gasteiger partial charge in [0.05, 0.1) is 21.3 Å². The van der Waals surface area contributed by atoms with Crippen molar-refractivity contribution in [3.8, 4) is 0 Å². The Morgan fingerprint density at radius 3 is 2.55 bits per heavy atom. The van der Waals surface area contributed by atoms with Crippen molar-refractivity contribution in [3.05, 3.63) is 56.2 Å². The molecule has 104 valence electrons. The lowest BCUT2D eigenvalue weighted by atomic mass is 10.1. The summed E-state index contributed by atoms with van der Waals surface area (Å²) in [6.07, 6.45) is 0.0988. The second kappa shape index (κ2) is 6.74. The third kappa shape index (κ3) is 3.96. The summed E-state index contributed by atoms with van der Waals surface area (Å²) < 4.78 is 0. The van der Waals surface area contributed by atoms with Crippen molar-refractivity contribution in [2.75, 3.05) is 0 Å². The molecule has 1 aromatic carbocycles. The van der Waals surface area contributed by atoms with Gasteiger partial charge in [-0.3, -0.25) is 20.4 Å². The number of amides is 2. The summed E-state index contributed by atoms with van der Waals surface area (Å²) in [6, 6.07) is 8.37. The molecule has 0 fully saturated rings. The van der Waals surface area contributed by atoms with Crippen molar-refractivity contribution in [2.24, 2.45) is 0 Å². The number of halogens is 2. The molecule has 4 nitrogen and oxygen atoms in total. The lowest BCUT2D eigenvalue weighted by Gasteiger charge is -2.07. The van der Waals surface area contributed by atoms with Crippen LogP contribution in [0.1, 0.15) is 15.2 Å². The van der Waals surface area contributed by atoms with Gasteiger partial charge < -0.3 is 0 Å². The molecule has 0 saturated heterocycles. The van der Waals surface area contributed by atoms with E-state index >= 15 is 0 Å². The standard InChI is InChI=1S/C13H10Cl2N2O2S/c14-9-4-3-8(6-10(9)15)7-12(18)16-17-13(19)11-2-1-5-20-11/h1-6H,7H2,(H,16,18)(H,17,19). The van der Waals surface area contributed by atoms with Crippen molar-refractivity contribution in [1.82, 2.24) is 10.9 Å². The van der Waals surface area contributed by atoms with Crippen LogP contribution in [0.5, 0.6) is 0 Å². The van der Waals surface area contributed by atoms with E-state index in [9.17, 15) is 9.59 Å². The van der Waals surface area contributed by atoms with Gasteiger partial charge in [0.25, 0.3) is 5.91 Å². The first-order valence-corrected chi connectivity index (χ1v) is 7.26. The Morgan fingerprint density at radius 1 is 1.10 bits per heavy atom. The molecule has 0 atom stereocenters. The van der Waals surface area contributed by atoms with Gasteiger partial charge in [0.2, 0.25) is 5.91 Å². The van der Waals surface area contributed by atoms with Crippen LogP contribution in [0.4, 0.5) is 0 Å². The number of rotatable bonds is 3. The van der Waals surface area contributed by atoms with Crippen LogP contribution in [-0.4, -0.2) is 11.8 Å². The minimum atomic E-state index is -0.345. The number of hydrogen-bond donors (Lipinski definition) is 2. The molecule has 0 aliphatic carbocycles. The van der Waals surface area contributed by atoms with E-state index < -0.39 is 0 Å². The maximum atomic E-state index is 11.7. The van der Waals surface area contributed by atoms with Gasteiger partial charge in [-0.2, -0.15) is 0 Å². The van der Waals surface area contributed by atoms with Crippen LogP contribution in [0.3, 0.4) is 0 Å². The van der Waals surface area contributed by atoms with E-state index in [4.69, 9.17) is 23.2 Å². The van der Waals surface area contributed by atoms with Gasteiger partial charge in [-0.15, -0.1) is 11.3 Å². The Morgan fingerprint density at radius 2 is 1.90 bits per heavy atom. The normalized spacial score (nSPS) is 10.1. The minimum Gasteiger partial charge on any atom is -0.273 e. The first kappa shape index (κ1) is 14.8. The van der Waals surface area contributed by atoms with E-state index in [1.54, 1.807) is 35.7 Å². The highest BCUT2D eigenvalue weighted by Crippen LogP contribution is 2.22. The fraction of sp³-hybridized carbons (Fsp3) is 0.0769. The second-order valence-corrected chi connectivity index (χ2v) is 5.67. The fourth-order valence-corrected chi connectivity index (χ4v) is 2.41. The van der Waals surface area contributed by atoms with Gasteiger partial charge in [0.15, 0.2) is 0 Å². The van der Waals surface area contributed by atoms with Gasteiger partial charge in [-0.1, -0.05) is 35.3 Å². The third-order valence-electron chi connectivity index (χ3n) is 2.41. The van der Waals surface area contributed by atoms with Crippen LogP contribution in [0.25, 0.3) is 0 Å². The lowest BCUT2D eigenvalue weighted by molar-refractivity contribution is -0.121. The summed E-state index contributed by atoms with van der Waals surface area (Å²) in [7, 11) is 0. The molecule has 0 aliphatic rings.